The molecule has 0 atom stereocenters. The van der Waals surface area contributed by atoms with Crippen molar-refractivity contribution in [2.24, 2.45) is 0 Å². The Morgan fingerprint density at radius 3 is 2.36 bits per heavy atom. The highest BCUT2D eigenvalue weighted by molar-refractivity contribution is 7.91. The summed E-state index contributed by atoms with van der Waals surface area (Å²) in [4.78, 5) is 20.0. The number of halogens is 4. The van der Waals surface area contributed by atoms with Crippen LogP contribution in [0, 0.1) is 0 Å². The van der Waals surface area contributed by atoms with Gasteiger partial charge in [-0.3, -0.25) is 9.78 Å². The zero-order valence-electron chi connectivity index (χ0n) is 14.8. The number of alkyl halides is 3. The summed E-state index contributed by atoms with van der Waals surface area (Å²) in [5.74, 6) is -1.21. The molecular weight excluding hydrogens is 421 g/mol. The maximum absolute atomic E-state index is 13.5. The Balaban J connectivity index is 2.63. The fourth-order valence-electron chi connectivity index (χ4n) is 2.30. The highest BCUT2D eigenvalue weighted by Crippen LogP contribution is 2.40. The zero-order valence-corrected chi connectivity index (χ0v) is 16.4. The lowest BCUT2D eigenvalue weighted by Crippen LogP contribution is -2.15. The topological polar surface area (TPSA) is 69.7 Å². The number of hydrogen-bond donors (Lipinski definition) is 0. The zero-order chi connectivity index (χ0) is 21.1. The molecule has 28 heavy (non-hydrogen) atoms. The Labute approximate surface area is 164 Å². The molecule has 0 spiro atoms. The Hall–Kier alpha value is -2.26. The van der Waals surface area contributed by atoms with Gasteiger partial charge >= 0.3 is 12.1 Å². The summed E-state index contributed by atoms with van der Waals surface area (Å²) in [6.45, 7) is 2.80. The van der Waals surface area contributed by atoms with E-state index >= 15 is 0 Å². The third-order valence-electron chi connectivity index (χ3n) is 3.77. The number of hydrogen-bond acceptors (Lipinski definition) is 5. The van der Waals surface area contributed by atoms with Crippen LogP contribution in [-0.2, 0) is 25.7 Å². The maximum atomic E-state index is 13.5. The van der Waals surface area contributed by atoms with E-state index in [0.29, 0.717) is 6.07 Å². The summed E-state index contributed by atoms with van der Waals surface area (Å²) >= 11 is 5.93. The lowest BCUT2D eigenvalue weighted by molar-refractivity contribution is -0.213. The molecule has 0 fully saturated rings. The summed E-state index contributed by atoms with van der Waals surface area (Å²) < 4.78 is 64.6. The average molecular weight is 437 g/mol. The van der Waals surface area contributed by atoms with E-state index in [1.807, 2.05) is 0 Å². The van der Waals surface area contributed by atoms with Gasteiger partial charge in [0.05, 0.1) is 16.2 Å². The van der Waals surface area contributed by atoms with Crippen LogP contribution in [0.4, 0.5) is 13.2 Å². The summed E-state index contributed by atoms with van der Waals surface area (Å²) in [5.41, 5.74) is -1.21. The van der Waals surface area contributed by atoms with Crippen LogP contribution in [0.5, 0.6) is 5.75 Å². The van der Waals surface area contributed by atoms with Crippen molar-refractivity contribution in [1.82, 2.24) is 0 Å². The van der Waals surface area contributed by atoms with E-state index in [2.05, 4.69) is 4.89 Å². The smallest absolute Gasteiger partial charge is 0.286 e. The van der Waals surface area contributed by atoms with Gasteiger partial charge in [-0.1, -0.05) is 31.5 Å². The highest BCUT2D eigenvalue weighted by Gasteiger charge is 2.37. The van der Waals surface area contributed by atoms with Gasteiger partial charge in [0.25, 0.3) is 0 Å². The van der Waals surface area contributed by atoms with Crippen molar-refractivity contribution < 1.29 is 36.2 Å². The van der Waals surface area contributed by atoms with E-state index in [1.165, 1.54) is 38.1 Å². The second-order valence-electron chi connectivity index (χ2n) is 5.64. The van der Waals surface area contributed by atoms with Crippen LogP contribution in [0.1, 0.15) is 25.8 Å². The molecule has 0 saturated carbocycles. The lowest BCUT2D eigenvalue weighted by Gasteiger charge is -2.16. The first-order valence-electron chi connectivity index (χ1n) is 8.10. The molecule has 0 heterocycles. The first-order valence-corrected chi connectivity index (χ1v) is 10.1. The standard InChI is InChI=1S/C18H16ClF3O5S/c1-3-17(23)27-26-15-7-6-12(19)10-13(15)11-5-8-16(28(24,25)4-2)14(9-11)18(20,21)22/h5-10H,3-4H2,1-2H3. The molecule has 0 radical (unpaired) electrons. The normalized spacial score (nSPS) is 11.9. The fraction of sp³-hybridized carbons (Fsp3) is 0.278. The molecule has 2 aromatic rings. The molecule has 0 aromatic heterocycles. The Kier molecular flexibility index (Phi) is 6.61. The van der Waals surface area contributed by atoms with Crippen molar-refractivity contribution in [3.05, 3.63) is 47.0 Å². The van der Waals surface area contributed by atoms with E-state index in [9.17, 15) is 26.4 Å². The quantitative estimate of drug-likeness (QED) is 0.467. The molecule has 0 N–H and O–H groups in total. The summed E-state index contributed by atoms with van der Waals surface area (Å²) in [5, 5.41) is 0.197. The average Bonchev–Trinajstić information content (AvgIpc) is 2.65. The number of carbonyl (C=O) groups excluding carboxylic acids is 1. The monoisotopic (exact) mass is 436 g/mol. The minimum absolute atomic E-state index is 0.00701. The van der Waals surface area contributed by atoms with Crippen LogP contribution >= 0.6 is 11.6 Å². The fourth-order valence-corrected chi connectivity index (χ4v) is 3.56. The first kappa shape index (κ1) is 22.0. The van der Waals surface area contributed by atoms with E-state index in [4.69, 9.17) is 16.5 Å². The molecule has 0 unspecified atom stereocenters. The van der Waals surface area contributed by atoms with Gasteiger partial charge < -0.3 is 0 Å². The van der Waals surface area contributed by atoms with Crippen molar-refractivity contribution in [1.29, 1.82) is 0 Å². The second kappa shape index (κ2) is 8.40. The lowest BCUT2D eigenvalue weighted by atomic mass is 10.0. The van der Waals surface area contributed by atoms with Gasteiger partial charge in [-0.05, 0) is 35.9 Å². The van der Waals surface area contributed by atoms with Gasteiger partial charge in [-0.15, -0.1) is 0 Å². The predicted octanol–water partition coefficient (Wildman–Crippen LogP) is 5.07. The molecule has 0 aliphatic rings. The van der Waals surface area contributed by atoms with Crippen molar-refractivity contribution >= 4 is 27.4 Å². The van der Waals surface area contributed by atoms with Gasteiger partial charge in [0.2, 0.25) is 0 Å². The van der Waals surface area contributed by atoms with Crippen molar-refractivity contribution in [2.45, 2.75) is 31.3 Å². The van der Waals surface area contributed by atoms with Crippen molar-refractivity contribution in [3.63, 3.8) is 0 Å². The Morgan fingerprint density at radius 2 is 1.79 bits per heavy atom. The van der Waals surface area contributed by atoms with Gasteiger partial charge in [0.1, 0.15) is 0 Å². The van der Waals surface area contributed by atoms with Gasteiger partial charge in [-0.25, -0.2) is 13.2 Å². The third-order valence-corrected chi connectivity index (χ3v) is 5.79. The van der Waals surface area contributed by atoms with Crippen molar-refractivity contribution in [3.8, 4) is 16.9 Å². The molecular formula is C18H16ClF3O5S. The van der Waals surface area contributed by atoms with Crippen LogP contribution in [0.25, 0.3) is 11.1 Å². The molecule has 2 rings (SSSR count). The minimum atomic E-state index is -4.90. The number of benzene rings is 2. The largest absolute Gasteiger partial charge is 0.417 e. The molecule has 5 nitrogen and oxygen atoms in total. The number of sulfone groups is 1. The van der Waals surface area contributed by atoms with E-state index in [-0.39, 0.29) is 28.3 Å². The minimum Gasteiger partial charge on any atom is -0.286 e. The third kappa shape index (κ3) is 4.96. The van der Waals surface area contributed by atoms with Crippen LogP contribution in [0.15, 0.2) is 41.3 Å². The first-order chi connectivity index (χ1) is 13.0. The molecule has 0 aliphatic heterocycles. The maximum Gasteiger partial charge on any atom is 0.417 e. The number of carbonyl (C=O) groups is 1. The van der Waals surface area contributed by atoms with E-state index in [1.54, 1.807) is 0 Å². The van der Waals surface area contributed by atoms with E-state index < -0.39 is 38.2 Å². The van der Waals surface area contributed by atoms with Crippen LogP contribution in [0.3, 0.4) is 0 Å². The van der Waals surface area contributed by atoms with E-state index in [0.717, 1.165) is 6.07 Å². The van der Waals surface area contributed by atoms with Crippen molar-refractivity contribution in [2.75, 3.05) is 5.75 Å². The summed E-state index contributed by atoms with van der Waals surface area (Å²) in [7, 11) is -4.10. The van der Waals surface area contributed by atoms with Crippen LogP contribution < -0.4 is 4.89 Å². The molecule has 0 bridgehead atoms. The van der Waals surface area contributed by atoms with Gasteiger partial charge in [-0.2, -0.15) is 13.2 Å². The highest BCUT2D eigenvalue weighted by atomic mass is 35.5. The number of rotatable bonds is 6. The molecule has 0 amide bonds. The molecule has 10 heteroatoms. The molecule has 0 aliphatic carbocycles. The second-order valence-corrected chi connectivity index (χ2v) is 8.33. The molecule has 2 aromatic carbocycles. The van der Waals surface area contributed by atoms with Crippen LogP contribution in [0.2, 0.25) is 5.02 Å². The Bertz CT molecular complexity index is 987. The summed E-state index contributed by atoms with van der Waals surface area (Å²) in [6, 6.07) is 6.84. The van der Waals surface area contributed by atoms with Crippen LogP contribution in [-0.4, -0.2) is 20.1 Å². The molecule has 0 saturated heterocycles. The predicted molar refractivity (Wildman–Crippen MR) is 96.6 cm³/mol. The van der Waals surface area contributed by atoms with Gasteiger partial charge in [0.15, 0.2) is 15.6 Å². The summed E-state index contributed by atoms with van der Waals surface area (Å²) in [6.07, 6.45) is -4.87. The molecule has 152 valence electrons. The Morgan fingerprint density at radius 1 is 1.11 bits per heavy atom. The SMILES string of the molecule is CCC(=O)OOc1ccc(Cl)cc1-c1ccc(S(=O)(=O)CC)c(C(F)(F)F)c1. The van der Waals surface area contributed by atoms with Gasteiger partial charge in [0, 0.05) is 17.0 Å².